The van der Waals surface area contributed by atoms with Crippen molar-refractivity contribution in [2.75, 3.05) is 13.7 Å². The molecule has 0 fully saturated rings. The second kappa shape index (κ2) is 5.80. The zero-order valence-corrected chi connectivity index (χ0v) is 10.7. The number of ether oxygens (including phenoxy) is 1. The minimum atomic E-state index is 0.681. The molecule has 0 bridgehead atoms. The van der Waals surface area contributed by atoms with Gasteiger partial charge in [0.2, 0.25) is 0 Å². The van der Waals surface area contributed by atoms with E-state index in [-0.39, 0.29) is 0 Å². The molecule has 0 aliphatic rings. The predicted molar refractivity (Wildman–Crippen MR) is 70.7 cm³/mol. The van der Waals surface area contributed by atoms with Crippen LogP contribution in [0.2, 0.25) is 0 Å². The Morgan fingerprint density at radius 2 is 2.29 bits per heavy atom. The minimum Gasteiger partial charge on any atom is -0.497 e. The maximum absolute atomic E-state index is 5.52. The summed E-state index contributed by atoms with van der Waals surface area (Å²) < 4.78 is 5.20. The van der Waals surface area contributed by atoms with Crippen LogP contribution in [0.25, 0.3) is 0 Å². The summed E-state index contributed by atoms with van der Waals surface area (Å²) in [4.78, 5) is 5.66. The molecule has 0 amide bonds. The van der Waals surface area contributed by atoms with E-state index in [1.807, 2.05) is 24.4 Å². The molecule has 0 aliphatic heterocycles. The van der Waals surface area contributed by atoms with Crippen LogP contribution in [0, 0.1) is 0 Å². The summed E-state index contributed by atoms with van der Waals surface area (Å²) in [6, 6.07) is 8.09. The lowest BCUT2D eigenvalue weighted by atomic mass is 10.1. The standard InChI is InChI=1S/C13H16N2OS/c1-16-11-4-2-3-10(7-11)8-13-15-9-12(17-13)5-6-14/h2-4,7,9H,5-6,8,14H2,1H3. The molecule has 17 heavy (non-hydrogen) atoms. The molecule has 3 nitrogen and oxygen atoms in total. The van der Waals surface area contributed by atoms with Gasteiger partial charge in [0.1, 0.15) is 5.75 Å². The minimum absolute atomic E-state index is 0.681. The van der Waals surface area contributed by atoms with Crippen LogP contribution < -0.4 is 10.5 Å². The molecule has 1 aromatic carbocycles. The summed E-state index contributed by atoms with van der Waals surface area (Å²) >= 11 is 1.73. The van der Waals surface area contributed by atoms with E-state index < -0.39 is 0 Å². The fourth-order valence-corrected chi connectivity index (χ4v) is 2.62. The SMILES string of the molecule is COc1cccc(Cc2ncc(CCN)s2)c1. The van der Waals surface area contributed by atoms with Gasteiger partial charge in [-0.1, -0.05) is 12.1 Å². The van der Waals surface area contributed by atoms with E-state index in [4.69, 9.17) is 10.5 Å². The predicted octanol–water partition coefficient (Wildman–Crippen LogP) is 2.24. The van der Waals surface area contributed by atoms with Crippen molar-refractivity contribution in [3.8, 4) is 5.75 Å². The maximum atomic E-state index is 5.52. The largest absolute Gasteiger partial charge is 0.497 e. The van der Waals surface area contributed by atoms with Crippen LogP contribution in [-0.4, -0.2) is 18.6 Å². The van der Waals surface area contributed by atoms with Gasteiger partial charge in [-0.15, -0.1) is 11.3 Å². The van der Waals surface area contributed by atoms with E-state index in [9.17, 15) is 0 Å². The number of nitrogens with zero attached hydrogens (tertiary/aromatic N) is 1. The molecule has 2 N–H and O–H groups in total. The molecule has 0 saturated carbocycles. The van der Waals surface area contributed by atoms with Gasteiger partial charge in [0, 0.05) is 17.5 Å². The van der Waals surface area contributed by atoms with Gasteiger partial charge in [-0.2, -0.15) is 0 Å². The fourth-order valence-electron chi connectivity index (χ4n) is 1.64. The van der Waals surface area contributed by atoms with Gasteiger partial charge in [0.25, 0.3) is 0 Å². The molecule has 0 radical (unpaired) electrons. The Labute approximate surface area is 105 Å². The average Bonchev–Trinajstić information content (AvgIpc) is 2.77. The van der Waals surface area contributed by atoms with Gasteiger partial charge in [0.15, 0.2) is 0 Å². The molecule has 0 spiro atoms. The third-order valence-corrected chi connectivity index (χ3v) is 3.54. The molecule has 0 aliphatic carbocycles. The molecule has 2 rings (SSSR count). The number of nitrogens with two attached hydrogens (primary N) is 1. The van der Waals surface area contributed by atoms with Crippen molar-refractivity contribution < 1.29 is 4.74 Å². The van der Waals surface area contributed by atoms with Gasteiger partial charge >= 0.3 is 0 Å². The molecule has 1 heterocycles. The summed E-state index contributed by atoms with van der Waals surface area (Å²) in [7, 11) is 1.68. The zero-order valence-electron chi connectivity index (χ0n) is 9.85. The van der Waals surface area contributed by atoms with Gasteiger partial charge in [-0.25, -0.2) is 4.98 Å². The number of methoxy groups -OCH3 is 1. The van der Waals surface area contributed by atoms with Crippen LogP contribution in [0.15, 0.2) is 30.5 Å². The van der Waals surface area contributed by atoms with E-state index in [0.717, 1.165) is 23.6 Å². The number of aromatic nitrogens is 1. The quantitative estimate of drug-likeness (QED) is 0.882. The Bertz CT molecular complexity index is 482. The van der Waals surface area contributed by atoms with Crippen molar-refractivity contribution in [1.29, 1.82) is 0 Å². The van der Waals surface area contributed by atoms with Crippen molar-refractivity contribution in [1.82, 2.24) is 4.98 Å². The molecule has 2 aromatic rings. The second-order valence-corrected chi connectivity index (χ2v) is 4.99. The van der Waals surface area contributed by atoms with Crippen LogP contribution >= 0.6 is 11.3 Å². The van der Waals surface area contributed by atoms with Crippen LogP contribution in [0.1, 0.15) is 15.4 Å². The first-order chi connectivity index (χ1) is 8.31. The zero-order chi connectivity index (χ0) is 12.1. The Balaban J connectivity index is 2.08. The van der Waals surface area contributed by atoms with Crippen molar-refractivity contribution in [3.05, 3.63) is 45.9 Å². The Morgan fingerprint density at radius 1 is 1.41 bits per heavy atom. The molecule has 1 aromatic heterocycles. The molecular formula is C13H16N2OS. The van der Waals surface area contributed by atoms with Crippen LogP contribution in [0.5, 0.6) is 5.75 Å². The van der Waals surface area contributed by atoms with Crippen LogP contribution in [-0.2, 0) is 12.8 Å². The number of benzene rings is 1. The van der Waals surface area contributed by atoms with Crippen LogP contribution in [0.4, 0.5) is 0 Å². The summed E-state index contributed by atoms with van der Waals surface area (Å²) in [6.45, 7) is 0.681. The van der Waals surface area contributed by atoms with E-state index >= 15 is 0 Å². The summed E-state index contributed by atoms with van der Waals surface area (Å²) in [5.41, 5.74) is 6.74. The molecule has 90 valence electrons. The summed E-state index contributed by atoms with van der Waals surface area (Å²) in [5.74, 6) is 0.890. The monoisotopic (exact) mass is 248 g/mol. The number of hydrogen-bond acceptors (Lipinski definition) is 4. The molecule has 4 heteroatoms. The van der Waals surface area contributed by atoms with Crippen molar-refractivity contribution >= 4 is 11.3 Å². The van der Waals surface area contributed by atoms with E-state index in [1.54, 1.807) is 18.4 Å². The maximum Gasteiger partial charge on any atom is 0.119 e. The highest BCUT2D eigenvalue weighted by atomic mass is 32.1. The van der Waals surface area contributed by atoms with Crippen LogP contribution in [0.3, 0.4) is 0 Å². The topological polar surface area (TPSA) is 48.1 Å². The number of rotatable bonds is 5. The Morgan fingerprint density at radius 3 is 3.06 bits per heavy atom. The van der Waals surface area contributed by atoms with Gasteiger partial charge in [0.05, 0.1) is 12.1 Å². The lowest BCUT2D eigenvalue weighted by Gasteiger charge is -2.02. The number of thiazole rings is 1. The first-order valence-electron chi connectivity index (χ1n) is 5.58. The summed E-state index contributed by atoms with van der Waals surface area (Å²) in [6.07, 6.45) is 3.69. The Kier molecular flexibility index (Phi) is 4.12. The molecule has 0 unspecified atom stereocenters. The third-order valence-electron chi connectivity index (χ3n) is 2.48. The smallest absolute Gasteiger partial charge is 0.119 e. The van der Waals surface area contributed by atoms with Gasteiger partial charge in [-0.05, 0) is 30.7 Å². The van der Waals surface area contributed by atoms with Gasteiger partial charge < -0.3 is 10.5 Å². The first-order valence-corrected chi connectivity index (χ1v) is 6.40. The molecular weight excluding hydrogens is 232 g/mol. The van der Waals surface area contributed by atoms with Crippen molar-refractivity contribution in [3.63, 3.8) is 0 Å². The number of hydrogen-bond donors (Lipinski definition) is 1. The fraction of sp³-hybridized carbons (Fsp3) is 0.308. The third kappa shape index (κ3) is 3.28. The highest BCUT2D eigenvalue weighted by Gasteiger charge is 2.03. The van der Waals surface area contributed by atoms with Crippen molar-refractivity contribution in [2.24, 2.45) is 5.73 Å². The summed E-state index contributed by atoms with van der Waals surface area (Å²) in [5, 5.41) is 1.13. The second-order valence-electron chi connectivity index (χ2n) is 3.79. The average molecular weight is 248 g/mol. The Hall–Kier alpha value is -1.39. The van der Waals surface area contributed by atoms with E-state index in [1.165, 1.54) is 10.4 Å². The first kappa shape index (κ1) is 12.1. The molecule has 0 atom stereocenters. The van der Waals surface area contributed by atoms with E-state index in [0.29, 0.717) is 6.54 Å². The van der Waals surface area contributed by atoms with Gasteiger partial charge in [-0.3, -0.25) is 0 Å². The normalized spacial score (nSPS) is 10.5. The van der Waals surface area contributed by atoms with E-state index in [2.05, 4.69) is 11.1 Å². The lowest BCUT2D eigenvalue weighted by molar-refractivity contribution is 0.414. The lowest BCUT2D eigenvalue weighted by Crippen LogP contribution is -2.00. The highest BCUT2D eigenvalue weighted by Crippen LogP contribution is 2.19. The van der Waals surface area contributed by atoms with Crippen molar-refractivity contribution in [2.45, 2.75) is 12.8 Å². The highest BCUT2D eigenvalue weighted by molar-refractivity contribution is 7.11. The molecule has 0 saturated heterocycles.